The molecule has 0 saturated heterocycles. The van der Waals surface area contributed by atoms with Crippen LogP contribution in [0.1, 0.15) is 15.9 Å². The number of carboxylic acids is 1. The lowest BCUT2D eigenvalue weighted by Crippen LogP contribution is -2.01. The van der Waals surface area contributed by atoms with Gasteiger partial charge in [-0.2, -0.15) is 0 Å². The third kappa shape index (κ3) is 3.48. The van der Waals surface area contributed by atoms with Crippen LogP contribution in [-0.4, -0.2) is 21.0 Å². The molecule has 5 heteroatoms. The van der Waals surface area contributed by atoms with E-state index in [2.05, 4.69) is 10.3 Å². The fourth-order valence-electron chi connectivity index (χ4n) is 2.95. The summed E-state index contributed by atoms with van der Waals surface area (Å²) in [5.74, 6) is 0.292. The molecule has 0 radical (unpaired) electrons. The molecule has 4 aromatic rings. The summed E-state index contributed by atoms with van der Waals surface area (Å²) in [7, 11) is 0. The molecule has 0 spiro atoms. The number of anilines is 2. The fraction of sp³-hybridized carbons (Fsp3) is 0.0455. The topological polar surface area (TPSA) is 75.1 Å². The minimum Gasteiger partial charge on any atom is -0.478 e. The first-order chi connectivity index (χ1) is 13.1. The Kier molecular flexibility index (Phi) is 4.26. The highest BCUT2D eigenvalue weighted by Gasteiger charge is 2.11. The molecule has 0 aliphatic rings. The molecule has 0 unspecified atom stereocenters. The van der Waals surface area contributed by atoms with Crippen LogP contribution in [0.3, 0.4) is 0 Å². The lowest BCUT2D eigenvalue weighted by atomic mass is 10.1. The van der Waals surface area contributed by atoms with Crippen molar-refractivity contribution in [1.82, 2.24) is 9.97 Å². The number of fused-ring (bicyclic) bond motifs is 1. The van der Waals surface area contributed by atoms with Gasteiger partial charge < -0.3 is 10.4 Å². The summed E-state index contributed by atoms with van der Waals surface area (Å²) in [5.41, 5.74) is 3.77. The first-order valence-electron chi connectivity index (χ1n) is 8.54. The van der Waals surface area contributed by atoms with Gasteiger partial charge in [0.2, 0.25) is 0 Å². The van der Waals surface area contributed by atoms with Crippen LogP contribution in [0.5, 0.6) is 0 Å². The molecule has 0 atom stereocenters. The molecule has 0 aliphatic carbocycles. The maximum Gasteiger partial charge on any atom is 0.335 e. The predicted molar refractivity (Wildman–Crippen MR) is 106 cm³/mol. The van der Waals surface area contributed by atoms with Crippen LogP contribution >= 0.6 is 0 Å². The first kappa shape index (κ1) is 16.7. The van der Waals surface area contributed by atoms with E-state index < -0.39 is 5.97 Å². The minimum absolute atomic E-state index is 0.220. The number of hydrogen-bond donors (Lipinski definition) is 2. The number of nitrogens with one attached hydrogen (secondary N) is 1. The van der Waals surface area contributed by atoms with Crippen molar-refractivity contribution in [3.05, 3.63) is 83.9 Å². The normalized spacial score (nSPS) is 10.7. The van der Waals surface area contributed by atoms with E-state index in [9.17, 15) is 9.90 Å². The third-order valence-electron chi connectivity index (χ3n) is 4.25. The Morgan fingerprint density at radius 3 is 2.56 bits per heavy atom. The van der Waals surface area contributed by atoms with Crippen molar-refractivity contribution in [3.8, 4) is 11.4 Å². The molecule has 132 valence electrons. The molecule has 0 bridgehead atoms. The van der Waals surface area contributed by atoms with Gasteiger partial charge >= 0.3 is 5.97 Å². The van der Waals surface area contributed by atoms with Crippen molar-refractivity contribution in [1.29, 1.82) is 0 Å². The van der Waals surface area contributed by atoms with Crippen LogP contribution in [0.15, 0.2) is 72.8 Å². The van der Waals surface area contributed by atoms with Crippen molar-refractivity contribution in [3.63, 3.8) is 0 Å². The van der Waals surface area contributed by atoms with Gasteiger partial charge in [-0.3, -0.25) is 0 Å². The summed E-state index contributed by atoms with van der Waals surface area (Å²) in [6.45, 7) is 2.03. The summed E-state index contributed by atoms with van der Waals surface area (Å²) in [4.78, 5) is 20.6. The molecule has 2 N–H and O–H groups in total. The second kappa shape index (κ2) is 6.88. The molecule has 5 nitrogen and oxygen atoms in total. The number of aromatic carboxylic acids is 1. The average molecular weight is 355 g/mol. The maximum absolute atomic E-state index is 11.2. The largest absolute Gasteiger partial charge is 0.478 e. The number of rotatable bonds is 4. The molecular formula is C22H17N3O2. The number of carboxylic acid groups (broad SMARTS) is 1. The lowest BCUT2D eigenvalue weighted by Gasteiger charge is -2.12. The average Bonchev–Trinajstić information content (AvgIpc) is 2.68. The Balaban J connectivity index is 1.84. The van der Waals surface area contributed by atoms with Gasteiger partial charge in [0.15, 0.2) is 5.82 Å². The van der Waals surface area contributed by atoms with E-state index in [1.54, 1.807) is 18.2 Å². The zero-order valence-electron chi connectivity index (χ0n) is 14.7. The number of nitrogens with zero attached hydrogens (tertiary/aromatic N) is 2. The molecular weight excluding hydrogens is 338 g/mol. The zero-order valence-corrected chi connectivity index (χ0v) is 14.7. The summed E-state index contributed by atoms with van der Waals surface area (Å²) in [6.07, 6.45) is 0. The van der Waals surface area contributed by atoms with Crippen LogP contribution in [-0.2, 0) is 0 Å². The quantitative estimate of drug-likeness (QED) is 0.536. The van der Waals surface area contributed by atoms with Crippen LogP contribution in [0.4, 0.5) is 11.5 Å². The van der Waals surface area contributed by atoms with Gasteiger partial charge in [-0.05, 0) is 43.3 Å². The monoisotopic (exact) mass is 355 g/mol. The highest BCUT2D eigenvalue weighted by molar-refractivity contribution is 5.93. The van der Waals surface area contributed by atoms with E-state index >= 15 is 0 Å². The number of carbonyl (C=O) groups is 1. The Bertz CT molecular complexity index is 1160. The van der Waals surface area contributed by atoms with Crippen LogP contribution in [0.25, 0.3) is 22.3 Å². The molecule has 4 rings (SSSR count). The molecule has 1 aromatic heterocycles. The summed E-state index contributed by atoms with van der Waals surface area (Å²) in [6, 6.07) is 22.4. The SMILES string of the molecule is Cc1cccc(-c2nc(Nc3cccc(C(=O)O)c3)c3ccccc3n2)c1. The van der Waals surface area contributed by atoms with Gasteiger partial charge in [-0.25, -0.2) is 14.8 Å². The van der Waals surface area contributed by atoms with Crippen molar-refractivity contribution < 1.29 is 9.90 Å². The van der Waals surface area contributed by atoms with Crippen molar-refractivity contribution >= 4 is 28.4 Å². The first-order valence-corrected chi connectivity index (χ1v) is 8.54. The lowest BCUT2D eigenvalue weighted by molar-refractivity contribution is 0.0697. The molecule has 0 saturated carbocycles. The number of benzene rings is 3. The van der Waals surface area contributed by atoms with E-state index in [1.165, 1.54) is 0 Å². The van der Waals surface area contributed by atoms with E-state index in [0.29, 0.717) is 17.3 Å². The fourth-order valence-corrected chi connectivity index (χ4v) is 2.95. The number of hydrogen-bond acceptors (Lipinski definition) is 4. The van der Waals surface area contributed by atoms with Crippen LogP contribution in [0, 0.1) is 6.92 Å². The smallest absolute Gasteiger partial charge is 0.335 e. The maximum atomic E-state index is 11.2. The van der Waals surface area contributed by atoms with Gasteiger partial charge in [-0.15, -0.1) is 0 Å². The van der Waals surface area contributed by atoms with Crippen LogP contribution < -0.4 is 5.32 Å². The second-order valence-corrected chi connectivity index (χ2v) is 6.29. The predicted octanol–water partition coefficient (Wildman–Crippen LogP) is 5.05. The van der Waals surface area contributed by atoms with Crippen molar-refractivity contribution in [2.24, 2.45) is 0 Å². The van der Waals surface area contributed by atoms with Crippen LogP contribution in [0.2, 0.25) is 0 Å². The van der Waals surface area contributed by atoms with E-state index in [-0.39, 0.29) is 5.56 Å². The molecule has 27 heavy (non-hydrogen) atoms. The van der Waals surface area contributed by atoms with Gasteiger partial charge in [-0.1, -0.05) is 42.0 Å². The Labute approximate surface area is 156 Å². The minimum atomic E-state index is -0.966. The highest BCUT2D eigenvalue weighted by Crippen LogP contribution is 2.27. The summed E-state index contributed by atoms with van der Waals surface area (Å²) >= 11 is 0. The molecule has 1 heterocycles. The summed E-state index contributed by atoms with van der Waals surface area (Å²) < 4.78 is 0. The number of aromatic nitrogens is 2. The van der Waals surface area contributed by atoms with Gasteiger partial charge in [0.05, 0.1) is 11.1 Å². The second-order valence-electron chi connectivity index (χ2n) is 6.29. The van der Waals surface area contributed by atoms with E-state index in [4.69, 9.17) is 4.98 Å². The Morgan fingerprint density at radius 2 is 1.74 bits per heavy atom. The van der Waals surface area contributed by atoms with Gasteiger partial charge in [0, 0.05) is 16.6 Å². The molecule has 3 aromatic carbocycles. The van der Waals surface area contributed by atoms with Gasteiger partial charge in [0.1, 0.15) is 5.82 Å². The Hall–Kier alpha value is -3.73. The standard InChI is InChI=1S/C22H17N3O2/c1-14-6-4-7-15(12-14)20-24-19-11-3-2-10-18(19)21(25-20)23-17-9-5-8-16(13-17)22(26)27/h2-13H,1H3,(H,26,27)(H,23,24,25). The highest BCUT2D eigenvalue weighted by atomic mass is 16.4. The van der Waals surface area contributed by atoms with E-state index in [1.807, 2.05) is 61.5 Å². The number of para-hydroxylation sites is 1. The van der Waals surface area contributed by atoms with Crippen molar-refractivity contribution in [2.75, 3.05) is 5.32 Å². The summed E-state index contributed by atoms with van der Waals surface area (Å²) in [5, 5.41) is 13.3. The molecule has 0 amide bonds. The molecule has 0 fully saturated rings. The van der Waals surface area contributed by atoms with E-state index in [0.717, 1.165) is 22.0 Å². The third-order valence-corrected chi connectivity index (χ3v) is 4.25. The molecule has 0 aliphatic heterocycles. The zero-order chi connectivity index (χ0) is 18.8. The Morgan fingerprint density at radius 1 is 0.926 bits per heavy atom. The number of aryl methyl sites for hydroxylation is 1. The van der Waals surface area contributed by atoms with Crippen molar-refractivity contribution in [2.45, 2.75) is 6.92 Å². The van der Waals surface area contributed by atoms with Gasteiger partial charge in [0.25, 0.3) is 0 Å².